The summed E-state index contributed by atoms with van der Waals surface area (Å²) in [5.41, 5.74) is 6.43. The van der Waals surface area contributed by atoms with E-state index in [0.29, 0.717) is 11.5 Å². The summed E-state index contributed by atoms with van der Waals surface area (Å²) in [6, 6.07) is 5.85. The number of nitrogens with one attached hydrogen (secondary N) is 1. The number of alkyl halides is 1. The first-order valence-corrected chi connectivity index (χ1v) is 13.8. The fraction of sp³-hybridized carbons (Fsp3) is 0.500. The van der Waals surface area contributed by atoms with Gasteiger partial charge in [-0.05, 0) is 55.9 Å². The molecule has 4 rings (SSSR count). The third kappa shape index (κ3) is 5.37. The molecule has 38 heavy (non-hydrogen) atoms. The van der Waals surface area contributed by atoms with Crippen molar-refractivity contribution < 1.29 is 23.6 Å². The van der Waals surface area contributed by atoms with Gasteiger partial charge in [0, 0.05) is 6.07 Å². The van der Waals surface area contributed by atoms with Crippen LogP contribution in [-0.4, -0.2) is 56.8 Å². The van der Waals surface area contributed by atoms with Crippen LogP contribution in [0.25, 0.3) is 10.4 Å². The van der Waals surface area contributed by atoms with Gasteiger partial charge in [0.2, 0.25) is 11.8 Å². The number of carbonyl (C=O) groups is 2. The first-order valence-electron chi connectivity index (χ1n) is 12.9. The molecule has 1 aromatic carbocycles. The third-order valence-corrected chi connectivity index (χ3v) is 8.16. The maximum absolute atomic E-state index is 15.2. The molecular formula is C28H35FN4O4S. The van der Waals surface area contributed by atoms with Crippen LogP contribution in [0.15, 0.2) is 34.3 Å². The van der Waals surface area contributed by atoms with E-state index in [2.05, 4.69) is 21.5 Å². The number of benzene rings is 1. The second kappa shape index (κ2) is 11.3. The van der Waals surface area contributed by atoms with Crippen molar-refractivity contribution in [2.45, 2.75) is 78.2 Å². The van der Waals surface area contributed by atoms with E-state index in [0.717, 1.165) is 38.6 Å². The van der Waals surface area contributed by atoms with Gasteiger partial charge in [-0.25, -0.2) is 9.37 Å². The first kappa shape index (κ1) is 27.9. The highest BCUT2D eigenvalue weighted by molar-refractivity contribution is 7.13. The number of carbonyl (C=O) groups excluding carboxylic acids is 2. The molecule has 1 fully saturated rings. The number of aliphatic hydroxyl groups is 1. The van der Waals surface area contributed by atoms with Crippen LogP contribution in [-0.2, 0) is 16.0 Å². The molecule has 2 aromatic heterocycles. The van der Waals surface area contributed by atoms with E-state index in [1.54, 1.807) is 24.3 Å². The highest BCUT2D eigenvalue weighted by atomic mass is 32.1. The average molecular weight is 543 g/mol. The lowest BCUT2D eigenvalue weighted by Gasteiger charge is -2.30. The molecule has 0 aliphatic carbocycles. The second-order valence-corrected chi connectivity index (χ2v) is 11.2. The largest absolute Gasteiger partial charge is 0.388 e. The number of aromatic nitrogens is 2. The summed E-state index contributed by atoms with van der Waals surface area (Å²) < 4.78 is 20.6. The molecule has 10 heteroatoms. The smallest absolute Gasteiger partial charge is 0.246 e. The van der Waals surface area contributed by atoms with E-state index >= 15 is 4.39 Å². The fourth-order valence-corrected chi connectivity index (χ4v) is 5.99. The van der Waals surface area contributed by atoms with E-state index in [1.807, 2.05) is 52.3 Å². The molecule has 0 bridgehead atoms. The number of nitrogens with zero attached hydrogens (tertiary/aromatic N) is 3. The van der Waals surface area contributed by atoms with Crippen LogP contribution in [0.1, 0.15) is 67.9 Å². The van der Waals surface area contributed by atoms with E-state index in [9.17, 15) is 14.7 Å². The highest BCUT2D eigenvalue weighted by Crippen LogP contribution is 2.34. The zero-order chi connectivity index (χ0) is 27.7. The first-order chi connectivity index (χ1) is 18.0. The van der Waals surface area contributed by atoms with E-state index < -0.39 is 42.1 Å². The van der Waals surface area contributed by atoms with Gasteiger partial charge < -0.3 is 19.8 Å². The van der Waals surface area contributed by atoms with E-state index in [4.69, 9.17) is 4.52 Å². The van der Waals surface area contributed by atoms with Crippen molar-refractivity contribution in [3.63, 3.8) is 0 Å². The Hall–Kier alpha value is -3.11. The van der Waals surface area contributed by atoms with E-state index in [-0.39, 0.29) is 12.5 Å². The topological polar surface area (TPSA) is 109 Å². The van der Waals surface area contributed by atoms with Crippen molar-refractivity contribution in [1.82, 2.24) is 20.4 Å². The van der Waals surface area contributed by atoms with Crippen molar-refractivity contribution in [1.29, 1.82) is 0 Å². The average Bonchev–Trinajstić information content (AvgIpc) is 3.57. The van der Waals surface area contributed by atoms with Gasteiger partial charge >= 0.3 is 0 Å². The number of likely N-dealkylation sites (tertiary alicyclic amines) is 1. The Morgan fingerprint density at radius 2 is 2.00 bits per heavy atom. The molecule has 0 radical (unpaired) electrons. The monoisotopic (exact) mass is 542 g/mol. The third-order valence-electron chi connectivity index (χ3n) is 7.18. The molecule has 0 unspecified atom stereocenters. The Morgan fingerprint density at radius 1 is 1.26 bits per heavy atom. The Kier molecular flexibility index (Phi) is 8.32. The maximum atomic E-state index is 15.2. The van der Waals surface area contributed by atoms with Gasteiger partial charge in [0.25, 0.3) is 0 Å². The van der Waals surface area contributed by atoms with Gasteiger partial charge in [-0.15, -0.1) is 11.3 Å². The van der Waals surface area contributed by atoms with Gasteiger partial charge in [-0.1, -0.05) is 38.1 Å². The molecule has 1 aliphatic rings. The van der Waals surface area contributed by atoms with Crippen LogP contribution in [0.4, 0.5) is 4.39 Å². The molecule has 3 aromatic rings. The number of thiazole rings is 1. The number of halogens is 1. The van der Waals surface area contributed by atoms with Crippen molar-refractivity contribution in [3.8, 4) is 10.4 Å². The second-order valence-electron chi connectivity index (χ2n) is 10.3. The SMILES string of the molecule is CCc1cc(-c2scnc2C)ccc1[C@H](C)NC(=O)[C@@H]1[C@@H](F)[C@@H](O)CN1C(=O)[C@@H](c1cc(C)no1)C(C)C. The van der Waals surface area contributed by atoms with Crippen molar-refractivity contribution in [2.75, 3.05) is 6.54 Å². The van der Waals surface area contributed by atoms with Gasteiger partial charge in [-0.3, -0.25) is 9.59 Å². The summed E-state index contributed by atoms with van der Waals surface area (Å²) in [7, 11) is 0. The highest BCUT2D eigenvalue weighted by Gasteiger charge is 2.50. The van der Waals surface area contributed by atoms with Gasteiger partial charge in [0.15, 0.2) is 6.17 Å². The summed E-state index contributed by atoms with van der Waals surface area (Å²) >= 11 is 1.58. The zero-order valence-electron chi connectivity index (χ0n) is 22.6. The van der Waals surface area contributed by atoms with Crippen LogP contribution in [0.3, 0.4) is 0 Å². The minimum Gasteiger partial charge on any atom is -0.388 e. The molecule has 2 amide bonds. The lowest BCUT2D eigenvalue weighted by molar-refractivity contribution is -0.142. The molecule has 8 nitrogen and oxygen atoms in total. The number of hydrogen-bond donors (Lipinski definition) is 2. The van der Waals surface area contributed by atoms with Crippen LogP contribution >= 0.6 is 11.3 Å². The van der Waals surface area contributed by atoms with Crippen LogP contribution in [0, 0.1) is 19.8 Å². The summed E-state index contributed by atoms with van der Waals surface area (Å²) in [4.78, 5) is 33.6. The molecule has 1 saturated heterocycles. The molecular weight excluding hydrogens is 507 g/mol. The quantitative estimate of drug-likeness (QED) is 0.434. The number of hydrogen-bond acceptors (Lipinski definition) is 7. The van der Waals surface area contributed by atoms with Crippen LogP contribution < -0.4 is 5.32 Å². The predicted molar refractivity (Wildman–Crippen MR) is 143 cm³/mol. The van der Waals surface area contributed by atoms with Crippen LogP contribution in [0.5, 0.6) is 0 Å². The Labute approximate surface area is 226 Å². The number of amides is 2. The standard InChI is InChI=1S/C28H35FN4O4S/c1-7-18-11-19(26-17(6)30-13-38-26)8-9-20(18)16(5)31-27(35)25-24(29)21(34)12-33(25)28(36)23(14(2)3)22-10-15(4)32-37-22/h8-11,13-14,16,21,23-25,34H,7,12H2,1-6H3,(H,31,35)/t16-,21-,23+,24-,25-/m0/s1. The molecule has 1 aliphatic heterocycles. The Bertz CT molecular complexity index is 1310. The normalized spacial score (nSPS) is 21.1. The van der Waals surface area contributed by atoms with Crippen LogP contribution in [0.2, 0.25) is 0 Å². The summed E-state index contributed by atoms with van der Waals surface area (Å²) in [6.07, 6.45) is -2.62. The molecule has 5 atom stereocenters. The Morgan fingerprint density at radius 3 is 2.58 bits per heavy atom. The molecule has 3 heterocycles. The van der Waals surface area contributed by atoms with Crippen molar-refractivity contribution in [3.05, 3.63) is 58.1 Å². The number of rotatable bonds is 8. The van der Waals surface area contributed by atoms with Crippen molar-refractivity contribution in [2.24, 2.45) is 5.92 Å². The molecule has 0 saturated carbocycles. The minimum absolute atomic E-state index is 0.193. The van der Waals surface area contributed by atoms with Gasteiger partial charge in [0.05, 0.1) is 34.4 Å². The van der Waals surface area contributed by atoms with E-state index in [1.165, 1.54) is 0 Å². The molecule has 204 valence electrons. The predicted octanol–water partition coefficient (Wildman–Crippen LogP) is 4.50. The number of aryl methyl sites for hydroxylation is 3. The zero-order valence-corrected chi connectivity index (χ0v) is 23.4. The minimum atomic E-state index is -1.90. The maximum Gasteiger partial charge on any atom is 0.246 e. The molecule has 0 spiro atoms. The Balaban J connectivity index is 1.56. The lowest BCUT2D eigenvalue weighted by atomic mass is 9.91. The summed E-state index contributed by atoms with van der Waals surface area (Å²) in [6.45, 7) is 11.0. The lowest BCUT2D eigenvalue weighted by Crippen LogP contribution is -2.51. The van der Waals surface area contributed by atoms with Gasteiger partial charge in [-0.2, -0.15) is 0 Å². The summed E-state index contributed by atoms with van der Waals surface area (Å²) in [5, 5.41) is 17.1. The number of β-amino-alcohol motifs (C(OH)–C–C–N with tert-alkyl or cyclic N) is 1. The van der Waals surface area contributed by atoms with Crippen molar-refractivity contribution >= 4 is 23.2 Å². The fourth-order valence-electron chi connectivity index (χ4n) is 5.19. The van der Waals surface area contributed by atoms with Gasteiger partial charge in [0.1, 0.15) is 23.8 Å². The molecule has 2 N–H and O–H groups in total. The number of aliphatic hydroxyl groups excluding tert-OH is 1. The summed E-state index contributed by atoms with van der Waals surface area (Å²) in [5.74, 6) is -1.70.